The van der Waals surface area contributed by atoms with E-state index in [9.17, 15) is 14.4 Å². The largest absolute Gasteiger partial charge is 0.466 e. The van der Waals surface area contributed by atoms with Crippen LogP contribution in [0.25, 0.3) is 0 Å². The van der Waals surface area contributed by atoms with E-state index in [0.717, 1.165) is 5.56 Å². The predicted octanol–water partition coefficient (Wildman–Crippen LogP) is 2.77. The Bertz CT molecular complexity index is 871. The zero-order chi connectivity index (χ0) is 21.1. The number of anilines is 1. The molecule has 7 nitrogen and oxygen atoms in total. The van der Waals surface area contributed by atoms with Gasteiger partial charge in [0.25, 0.3) is 5.91 Å². The molecule has 0 bridgehead atoms. The van der Waals surface area contributed by atoms with Crippen molar-refractivity contribution in [2.75, 3.05) is 11.9 Å². The molecule has 2 amide bonds. The number of carbonyl (C=O) groups is 3. The summed E-state index contributed by atoms with van der Waals surface area (Å²) in [6, 6.07) is 16.4. The van der Waals surface area contributed by atoms with Crippen molar-refractivity contribution in [3.8, 4) is 0 Å². The lowest BCUT2D eigenvalue weighted by atomic mass is 10.1. The smallest absolute Gasteiger partial charge is 0.306 e. The Balaban J connectivity index is 1.83. The Labute approximate surface area is 174 Å². The molecule has 0 saturated carbocycles. The molecule has 2 aromatic rings. The van der Waals surface area contributed by atoms with Crippen molar-refractivity contribution < 1.29 is 19.1 Å². The van der Waals surface area contributed by atoms with E-state index in [4.69, 9.17) is 17.0 Å². The average molecular weight is 413 g/mol. The van der Waals surface area contributed by atoms with Crippen molar-refractivity contribution in [1.29, 1.82) is 0 Å². The van der Waals surface area contributed by atoms with Crippen molar-refractivity contribution in [1.82, 2.24) is 10.6 Å². The Morgan fingerprint density at radius 1 is 1.00 bits per heavy atom. The standard InChI is InChI=1S/C21H23N3O4S/c1-2-28-19(26)12-11-18(25)24-21(29)23-17-10-6-9-16(13-17)20(27)22-14-15-7-4-3-5-8-15/h3-10,13H,2,11-12,14H2,1H3,(H,22,27)(H2,23,24,25,29). The molecule has 0 aliphatic rings. The van der Waals surface area contributed by atoms with Gasteiger partial charge in [-0.05, 0) is 42.9 Å². The SMILES string of the molecule is CCOC(=O)CCC(=O)NC(=S)Nc1cccc(C(=O)NCc2ccccc2)c1. The second-order valence-corrected chi connectivity index (χ2v) is 6.46. The third kappa shape index (κ3) is 8.10. The Morgan fingerprint density at radius 3 is 2.48 bits per heavy atom. The fourth-order valence-electron chi connectivity index (χ4n) is 2.42. The van der Waals surface area contributed by atoms with Gasteiger partial charge < -0.3 is 20.7 Å². The molecule has 2 aromatic carbocycles. The number of esters is 1. The van der Waals surface area contributed by atoms with Gasteiger partial charge in [0.15, 0.2) is 5.11 Å². The Hall–Kier alpha value is -3.26. The normalized spacial score (nSPS) is 9.97. The summed E-state index contributed by atoms with van der Waals surface area (Å²) in [5.41, 5.74) is 2.03. The minimum Gasteiger partial charge on any atom is -0.466 e. The maximum atomic E-state index is 12.4. The highest BCUT2D eigenvalue weighted by atomic mass is 32.1. The number of rotatable bonds is 8. The number of ether oxygens (including phenoxy) is 1. The van der Waals surface area contributed by atoms with Crippen LogP contribution in [0.2, 0.25) is 0 Å². The van der Waals surface area contributed by atoms with E-state index in [1.54, 1.807) is 31.2 Å². The second kappa shape index (κ2) is 11.6. The van der Waals surface area contributed by atoms with Crippen LogP contribution in [0.4, 0.5) is 5.69 Å². The molecule has 0 radical (unpaired) electrons. The first-order valence-electron chi connectivity index (χ1n) is 9.16. The van der Waals surface area contributed by atoms with Crippen LogP contribution in [0.1, 0.15) is 35.7 Å². The topological polar surface area (TPSA) is 96.5 Å². The molecule has 0 atom stereocenters. The molecule has 3 N–H and O–H groups in total. The molecule has 29 heavy (non-hydrogen) atoms. The van der Waals surface area contributed by atoms with E-state index < -0.39 is 11.9 Å². The molecule has 0 spiro atoms. The predicted molar refractivity (Wildman–Crippen MR) is 114 cm³/mol. The van der Waals surface area contributed by atoms with Crippen LogP contribution in [0.5, 0.6) is 0 Å². The molecule has 0 aliphatic carbocycles. The van der Waals surface area contributed by atoms with Crippen molar-refractivity contribution >= 4 is 40.8 Å². The van der Waals surface area contributed by atoms with Crippen molar-refractivity contribution in [2.24, 2.45) is 0 Å². The van der Waals surface area contributed by atoms with Gasteiger partial charge in [-0.3, -0.25) is 14.4 Å². The summed E-state index contributed by atoms with van der Waals surface area (Å²) in [4.78, 5) is 35.5. The first-order chi connectivity index (χ1) is 14.0. The maximum absolute atomic E-state index is 12.4. The van der Waals surface area contributed by atoms with Crippen molar-refractivity contribution in [2.45, 2.75) is 26.3 Å². The zero-order valence-corrected chi connectivity index (χ0v) is 16.9. The minimum atomic E-state index is -0.434. The van der Waals surface area contributed by atoms with E-state index in [1.165, 1.54) is 0 Å². The van der Waals surface area contributed by atoms with E-state index in [2.05, 4.69) is 16.0 Å². The molecular weight excluding hydrogens is 390 g/mol. The van der Waals surface area contributed by atoms with Gasteiger partial charge in [0, 0.05) is 24.2 Å². The molecule has 0 aromatic heterocycles. The Morgan fingerprint density at radius 2 is 1.76 bits per heavy atom. The fraction of sp³-hybridized carbons (Fsp3) is 0.238. The summed E-state index contributed by atoms with van der Waals surface area (Å²) in [6.45, 7) is 2.40. The van der Waals surface area contributed by atoms with Crippen LogP contribution in [0.15, 0.2) is 54.6 Å². The number of nitrogens with one attached hydrogen (secondary N) is 3. The lowest BCUT2D eigenvalue weighted by molar-refractivity contribution is -0.144. The maximum Gasteiger partial charge on any atom is 0.306 e. The number of carbonyl (C=O) groups excluding carboxylic acids is 3. The first-order valence-corrected chi connectivity index (χ1v) is 9.57. The molecule has 152 valence electrons. The number of hydrogen-bond donors (Lipinski definition) is 3. The lowest BCUT2D eigenvalue weighted by Gasteiger charge is -2.11. The van der Waals surface area contributed by atoms with Gasteiger partial charge in [-0.15, -0.1) is 0 Å². The van der Waals surface area contributed by atoms with E-state index >= 15 is 0 Å². The molecule has 0 aliphatic heterocycles. The van der Waals surface area contributed by atoms with E-state index in [0.29, 0.717) is 17.8 Å². The van der Waals surface area contributed by atoms with Crippen LogP contribution in [-0.4, -0.2) is 29.5 Å². The summed E-state index contributed by atoms with van der Waals surface area (Å²) in [6.07, 6.45) is -0.0397. The summed E-state index contributed by atoms with van der Waals surface area (Å²) in [5.74, 6) is -1.05. The summed E-state index contributed by atoms with van der Waals surface area (Å²) in [7, 11) is 0. The highest BCUT2D eigenvalue weighted by Gasteiger charge is 2.10. The van der Waals surface area contributed by atoms with Crippen LogP contribution >= 0.6 is 12.2 Å². The quantitative estimate of drug-likeness (QED) is 0.455. The van der Waals surface area contributed by atoms with Gasteiger partial charge >= 0.3 is 5.97 Å². The zero-order valence-electron chi connectivity index (χ0n) is 16.1. The fourth-order valence-corrected chi connectivity index (χ4v) is 2.65. The van der Waals surface area contributed by atoms with Crippen molar-refractivity contribution in [3.05, 3.63) is 65.7 Å². The van der Waals surface area contributed by atoms with Gasteiger partial charge in [-0.2, -0.15) is 0 Å². The third-order valence-corrected chi connectivity index (χ3v) is 4.00. The van der Waals surface area contributed by atoms with Crippen molar-refractivity contribution in [3.63, 3.8) is 0 Å². The van der Waals surface area contributed by atoms with E-state index in [-0.39, 0.29) is 30.5 Å². The monoisotopic (exact) mass is 413 g/mol. The molecule has 0 heterocycles. The van der Waals surface area contributed by atoms with E-state index in [1.807, 2.05) is 30.3 Å². The van der Waals surface area contributed by atoms with Gasteiger partial charge in [0.2, 0.25) is 5.91 Å². The summed E-state index contributed by atoms with van der Waals surface area (Å²) < 4.78 is 4.77. The molecule has 0 fully saturated rings. The van der Waals surface area contributed by atoms with Gasteiger partial charge in [-0.1, -0.05) is 36.4 Å². The Kier molecular flexibility index (Phi) is 8.78. The number of benzene rings is 2. The van der Waals surface area contributed by atoms with Crippen LogP contribution in [-0.2, 0) is 20.9 Å². The molecular formula is C21H23N3O4S. The molecule has 8 heteroatoms. The molecule has 0 unspecified atom stereocenters. The van der Waals surface area contributed by atoms with Gasteiger partial charge in [-0.25, -0.2) is 0 Å². The van der Waals surface area contributed by atoms with Gasteiger partial charge in [0.05, 0.1) is 13.0 Å². The first kappa shape index (κ1) is 22.0. The molecule has 2 rings (SSSR count). The van der Waals surface area contributed by atoms with Crippen LogP contribution < -0.4 is 16.0 Å². The number of hydrogen-bond acceptors (Lipinski definition) is 5. The summed E-state index contributed by atoms with van der Waals surface area (Å²) in [5, 5.41) is 8.29. The highest BCUT2D eigenvalue weighted by molar-refractivity contribution is 7.80. The van der Waals surface area contributed by atoms with Crippen LogP contribution in [0.3, 0.4) is 0 Å². The second-order valence-electron chi connectivity index (χ2n) is 6.06. The minimum absolute atomic E-state index is 0.0145. The summed E-state index contributed by atoms with van der Waals surface area (Å²) >= 11 is 5.11. The lowest BCUT2D eigenvalue weighted by Crippen LogP contribution is -2.34. The van der Waals surface area contributed by atoms with Crippen LogP contribution in [0, 0.1) is 0 Å². The number of thiocarbonyl (C=S) groups is 1. The number of amides is 2. The average Bonchev–Trinajstić information content (AvgIpc) is 2.71. The molecule has 0 saturated heterocycles. The highest BCUT2D eigenvalue weighted by Crippen LogP contribution is 2.11. The third-order valence-electron chi connectivity index (χ3n) is 3.79. The van der Waals surface area contributed by atoms with Gasteiger partial charge in [0.1, 0.15) is 0 Å².